The fourth-order valence-electron chi connectivity index (χ4n) is 1.36. The molecule has 2 rings (SSSR count). The number of benzene rings is 1. The van der Waals surface area contributed by atoms with E-state index in [9.17, 15) is 5.11 Å². The molecule has 1 aliphatic rings. The molecular formula is C9H11NO2. The van der Waals surface area contributed by atoms with Crippen LogP contribution in [0.1, 0.15) is 11.7 Å². The lowest BCUT2D eigenvalue weighted by Crippen LogP contribution is -2.37. The summed E-state index contributed by atoms with van der Waals surface area (Å²) in [4.78, 5) is 0. The summed E-state index contributed by atoms with van der Waals surface area (Å²) in [6.45, 7) is 0.387. The highest BCUT2D eigenvalue weighted by molar-refractivity contribution is 5.37. The Labute approximate surface area is 70.8 Å². The van der Waals surface area contributed by atoms with E-state index < -0.39 is 6.10 Å². The molecule has 3 heteroatoms. The maximum Gasteiger partial charge on any atom is 0.125 e. The van der Waals surface area contributed by atoms with Crippen LogP contribution in [0.2, 0.25) is 0 Å². The molecule has 0 aromatic heterocycles. The van der Waals surface area contributed by atoms with Gasteiger partial charge in [0, 0.05) is 5.56 Å². The number of hydrogen-bond donors (Lipinski definition) is 2. The minimum absolute atomic E-state index is 0.306. The van der Waals surface area contributed by atoms with Gasteiger partial charge in [-0.2, -0.15) is 0 Å². The van der Waals surface area contributed by atoms with Gasteiger partial charge in [-0.15, -0.1) is 0 Å². The van der Waals surface area contributed by atoms with Crippen molar-refractivity contribution < 1.29 is 9.84 Å². The third-order valence-electron chi connectivity index (χ3n) is 2.07. The molecule has 1 aromatic rings. The minimum atomic E-state index is -0.588. The number of para-hydroxylation sites is 1. The van der Waals surface area contributed by atoms with Gasteiger partial charge in [0.1, 0.15) is 18.5 Å². The second-order valence-corrected chi connectivity index (χ2v) is 2.96. The predicted molar refractivity (Wildman–Crippen MR) is 44.9 cm³/mol. The van der Waals surface area contributed by atoms with Gasteiger partial charge in [-0.3, -0.25) is 0 Å². The molecule has 1 aliphatic heterocycles. The van der Waals surface area contributed by atoms with Crippen molar-refractivity contribution >= 4 is 0 Å². The molecule has 0 spiro atoms. The summed E-state index contributed by atoms with van der Waals surface area (Å²) in [7, 11) is 0. The van der Waals surface area contributed by atoms with Crippen molar-refractivity contribution in [2.45, 2.75) is 12.1 Å². The summed E-state index contributed by atoms with van der Waals surface area (Å²) in [6.07, 6.45) is -0.588. The molecule has 0 aliphatic carbocycles. The van der Waals surface area contributed by atoms with Gasteiger partial charge in [0.2, 0.25) is 0 Å². The van der Waals surface area contributed by atoms with Gasteiger partial charge in [-0.05, 0) is 6.07 Å². The van der Waals surface area contributed by atoms with Gasteiger partial charge in [-0.25, -0.2) is 0 Å². The molecule has 0 amide bonds. The first-order valence-electron chi connectivity index (χ1n) is 3.94. The monoisotopic (exact) mass is 165 g/mol. The summed E-state index contributed by atoms with van der Waals surface area (Å²) in [5.41, 5.74) is 6.41. The summed E-state index contributed by atoms with van der Waals surface area (Å²) < 4.78 is 5.32. The Morgan fingerprint density at radius 1 is 1.42 bits per heavy atom. The largest absolute Gasteiger partial charge is 0.491 e. The van der Waals surface area contributed by atoms with Crippen LogP contribution in [0, 0.1) is 0 Å². The third kappa shape index (κ3) is 1.07. The Morgan fingerprint density at radius 2 is 2.17 bits per heavy atom. The van der Waals surface area contributed by atoms with Crippen LogP contribution in [0.25, 0.3) is 0 Å². The maximum atomic E-state index is 9.62. The summed E-state index contributed by atoms with van der Waals surface area (Å²) in [5, 5.41) is 9.62. The van der Waals surface area contributed by atoms with E-state index in [2.05, 4.69) is 0 Å². The molecule has 0 unspecified atom stereocenters. The van der Waals surface area contributed by atoms with Crippen molar-refractivity contribution in [2.75, 3.05) is 6.61 Å². The molecule has 64 valence electrons. The summed E-state index contributed by atoms with van der Waals surface area (Å²) in [5.74, 6) is 0.742. The van der Waals surface area contributed by atoms with Gasteiger partial charge < -0.3 is 15.6 Å². The van der Waals surface area contributed by atoms with Crippen molar-refractivity contribution in [2.24, 2.45) is 5.73 Å². The zero-order valence-electron chi connectivity index (χ0n) is 6.60. The van der Waals surface area contributed by atoms with E-state index in [1.54, 1.807) is 0 Å². The lowest BCUT2D eigenvalue weighted by Gasteiger charge is -2.27. The molecule has 0 saturated carbocycles. The second-order valence-electron chi connectivity index (χ2n) is 2.96. The minimum Gasteiger partial charge on any atom is -0.491 e. The first-order valence-corrected chi connectivity index (χ1v) is 3.94. The van der Waals surface area contributed by atoms with E-state index in [1.807, 2.05) is 24.3 Å². The van der Waals surface area contributed by atoms with Crippen LogP contribution >= 0.6 is 0 Å². The SMILES string of the molecule is N[C@H]1COc2ccccc2[C@@H]1O. The second kappa shape index (κ2) is 2.77. The Balaban J connectivity index is 2.42. The van der Waals surface area contributed by atoms with Crippen molar-refractivity contribution in [3.8, 4) is 5.75 Å². The molecule has 1 heterocycles. The fourth-order valence-corrected chi connectivity index (χ4v) is 1.36. The average Bonchev–Trinajstić information content (AvgIpc) is 2.12. The maximum absolute atomic E-state index is 9.62. The number of fused-ring (bicyclic) bond motifs is 1. The van der Waals surface area contributed by atoms with E-state index in [1.165, 1.54) is 0 Å². The van der Waals surface area contributed by atoms with Crippen LogP contribution in [0.15, 0.2) is 24.3 Å². The number of nitrogens with two attached hydrogens (primary N) is 1. The van der Waals surface area contributed by atoms with Gasteiger partial charge in [0.15, 0.2) is 0 Å². The van der Waals surface area contributed by atoms with E-state index in [4.69, 9.17) is 10.5 Å². The zero-order chi connectivity index (χ0) is 8.55. The molecule has 12 heavy (non-hydrogen) atoms. The standard InChI is InChI=1S/C9H11NO2/c10-7-5-12-8-4-2-1-3-6(8)9(7)11/h1-4,7,9,11H,5,10H2/t7-,9-/m0/s1. The van der Waals surface area contributed by atoms with Gasteiger partial charge in [-0.1, -0.05) is 18.2 Å². The highest BCUT2D eigenvalue weighted by Crippen LogP contribution is 2.30. The smallest absolute Gasteiger partial charge is 0.125 e. The average molecular weight is 165 g/mol. The van der Waals surface area contributed by atoms with E-state index in [0.717, 1.165) is 11.3 Å². The van der Waals surface area contributed by atoms with Crippen LogP contribution in [-0.4, -0.2) is 17.8 Å². The van der Waals surface area contributed by atoms with Crippen LogP contribution in [0.3, 0.4) is 0 Å². The topological polar surface area (TPSA) is 55.5 Å². The first kappa shape index (κ1) is 7.58. The van der Waals surface area contributed by atoms with Gasteiger partial charge in [0.25, 0.3) is 0 Å². The van der Waals surface area contributed by atoms with Crippen molar-refractivity contribution in [3.63, 3.8) is 0 Å². The normalized spacial score (nSPS) is 27.5. The van der Waals surface area contributed by atoms with E-state index in [0.29, 0.717) is 6.61 Å². The van der Waals surface area contributed by atoms with E-state index in [-0.39, 0.29) is 6.04 Å². The number of aliphatic hydroxyl groups excluding tert-OH is 1. The predicted octanol–water partition coefficient (Wildman–Crippen LogP) is 0.440. The van der Waals surface area contributed by atoms with Crippen LogP contribution in [-0.2, 0) is 0 Å². The summed E-state index contributed by atoms with van der Waals surface area (Å²) >= 11 is 0. The fraction of sp³-hybridized carbons (Fsp3) is 0.333. The molecule has 3 nitrogen and oxygen atoms in total. The van der Waals surface area contributed by atoms with Crippen molar-refractivity contribution in [1.29, 1.82) is 0 Å². The lowest BCUT2D eigenvalue weighted by molar-refractivity contribution is 0.0916. The first-order chi connectivity index (χ1) is 5.79. The molecule has 1 aromatic carbocycles. The van der Waals surface area contributed by atoms with Crippen molar-refractivity contribution in [3.05, 3.63) is 29.8 Å². The molecule has 2 atom stereocenters. The zero-order valence-corrected chi connectivity index (χ0v) is 6.60. The molecular weight excluding hydrogens is 154 g/mol. The Kier molecular flexibility index (Phi) is 1.75. The van der Waals surface area contributed by atoms with E-state index >= 15 is 0 Å². The van der Waals surface area contributed by atoms with Gasteiger partial charge in [0.05, 0.1) is 6.04 Å². The Bertz CT molecular complexity index is 288. The number of rotatable bonds is 0. The van der Waals surface area contributed by atoms with Crippen molar-refractivity contribution in [1.82, 2.24) is 0 Å². The highest BCUT2D eigenvalue weighted by atomic mass is 16.5. The molecule has 0 bridgehead atoms. The summed E-state index contributed by atoms with van der Waals surface area (Å²) in [6, 6.07) is 7.11. The number of aliphatic hydroxyl groups is 1. The Hall–Kier alpha value is -1.06. The van der Waals surface area contributed by atoms with Crippen LogP contribution in [0.4, 0.5) is 0 Å². The molecule has 0 radical (unpaired) electrons. The quantitative estimate of drug-likeness (QED) is 0.586. The molecule has 0 fully saturated rings. The lowest BCUT2D eigenvalue weighted by atomic mass is 10.0. The van der Waals surface area contributed by atoms with Crippen LogP contribution < -0.4 is 10.5 Å². The third-order valence-corrected chi connectivity index (χ3v) is 2.07. The number of ether oxygens (including phenoxy) is 1. The number of hydrogen-bond acceptors (Lipinski definition) is 3. The molecule has 3 N–H and O–H groups in total. The molecule has 0 saturated heterocycles. The van der Waals surface area contributed by atoms with Crippen LogP contribution in [0.5, 0.6) is 5.75 Å². The highest BCUT2D eigenvalue weighted by Gasteiger charge is 2.25. The van der Waals surface area contributed by atoms with Gasteiger partial charge >= 0.3 is 0 Å². The Morgan fingerprint density at radius 3 is 3.00 bits per heavy atom.